The van der Waals surface area contributed by atoms with E-state index < -0.39 is 0 Å². The molecule has 0 aromatic heterocycles. The molecule has 108 valence electrons. The van der Waals surface area contributed by atoms with Gasteiger partial charge in [-0.3, -0.25) is 5.32 Å². The molecule has 1 saturated heterocycles. The number of carbonyl (C=O) groups excluding carboxylic acids is 1. The molecule has 0 spiro atoms. The molecule has 4 heteroatoms. The Labute approximate surface area is 119 Å². The van der Waals surface area contributed by atoms with Crippen LogP contribution in [0, 0.1) is 0 Å². The molecule has 0 amide bonds. The number of carbonyl (C=O) groups is 1. The van der Waals surface area contributed by atoms with Crippen molar-refractivity contribution in [3.63, 3.8) is 0 Å². The SMILES string of the molecule is CCOC(=O)c1ccccc1C=CC1COC(C)(C)N1. The fourth-order valence-corrected chi connectivity index (χ4v) is 2.19. The first-order chi connectivity index (χ1) is 9.52. The van der Waals surface area contributed by atoms with Crippen LogP contribution in [-0.2, 0) is 9.47 Å². The van der Waals surface area contributed by atoms with E-state index in [0.717, 1.165) is 5.56 Å². The van der Waals surface area contributed by atoms with Crippen molar-refractivity contribution in [1.82, 2.24) is 5.32 Å². The van der Waals surface area contributed by atoms with Gasteiger partial charge in [0, 0.05) is 0 Å². The van der Waals surface area contributed by atoms with Crippen LogP contribution in [0.25, 0.3) is 6.08 Å². The lowest BCUT2D eigenvalue weighted by molar-refractivity contribution is 0.0232. The lowest BCUT2D eigenvalue weighted by Crippen LogP contribution is -2.37. The highest BCUT2D eigenvalue weighted by molar-refractivity contribution is 5.93. The van der Waals surface area contributed by atoms with Crippen molar-refractivity contribution in [2.24, 2.45) is 0 Å². The molecule has 1 aromatic rings. The lowest BCUT2D eigenvalue weighted by atomic mass is 10.1. The van der Waals surface area contributed by atoms with Crippen molar-refractivity contribution in [3.8, 4) is 0 Å². The topological polar surface area (TPSA) is 47.6 Å². The molecule has 1 aliphatic heterocycles. The van der Waals surface area contributed by atoms with E-state index in [9.17, 15) is 4.79 Å². The molecular weight excluding hydrogens is 254 g/mol. The minimum absolute atomic E-state index is 0.153. The maximum atomic E-state index is 11.9. The summed E-state index contributed by atoms with van der Waals surface area (Å²) < 4.78 is 10.7. The third-order valence-electron chi connectivity index (χ3n) is 3.12. The van der Waals surface area contributed by atoms with E-state index in [4.69, 9.17) is 9.47 Å². The van der Waals surface area contributed by atoms with Gasteiger partial charge in [0.1, 0.15) is 5.72 Å². The average Bonchev–Trinajstić information content (AvgIpc) is 2.76. The van der Waals surface area contributed by atoms with Gasteiger partial charge in [0.25, 0.3) is 0 Å². The fourth-order valence-electron chi connectivity index (χ4n) is 2.19. The van der Waals surface area contributed by atoms with Crippen molar-refractivity contribution in [1.29, 1.82) is 0 Å². The van der Waals surface area contributed by atoms with Gasteiger partial charge in [-0.05, 0) is 32.4 Å². The van der Waals surface area contributed by atoms with Crippen LogP contribution in [0.2, 0.25) is 0 Å². The van der Waals surface area contributed by atoms with E-state index >= 15 is 0 Å². The summed E-state index contributed by atoms with van der Waals surface area (Å²) in [5.41, 5.74) is 1.15. The molecule has 0 radical (unpaired) electrons. The summed E-state index contributed by atoms with van der Waals surface area (Å²) in [7, 11) is 0. The number of hydrogen-bond acceptors (Lipinski definition) is 4. The van der Waals surface area contributed by atoms with E-state index in [1.54, 1.807) is 13.0 Å². The molecule has 1 fully saturated rings. The molecule has 0 bridgehead atoms. The Morgan fingerprint density at radius 1 is 1.50 bits per heavy atom. The third kappa shape index (κ3) is 3.68. The number of ether oxygens (including phenoxy) is 2. The van der Waals surface area contributed by atoms with Gasteiger partial charge >= 0.3 is 5.97 Å². The maximum Gasteiger partial charge on any atom is 0.338 e. The maximum absolute atomic E-state index is 11.9. The van der Waals surface area contributed by atoms with Crippen LogP contribution in [0.4, 0.5) is 0 Å². The molecular formula is C16H21NO3. The third-order valence-corrected chi connectivity index (χ3v) is 3.12. The number of rotatable bonds is 4. The number of esters is 1. The zero-order valence-corrected chi connectivity index (χ0v) is 12.2. The van der Waals surface area contributed by atoms with Gasteiger partial charge in [0.15, 0.2) is 0 Å². The Morgan fingerprint density at radius 3 is 2.90 bits per heavy atom. The Balaban J connectivity index is 2.11. The highest BCUT2D eigenvalue weighted by atomic mass is 16.5. The van der Waals surface area contributed by atoms with Gasteiger partial charge in [-0.25, -0.2) is 4.79 Å². The first kappa shape index (κ1) is 14.8. The van der Waals surface area contributed by atoms with E-state index in [1.807, 2.05) is 44.2 Å². The molecule has 1 heterocycles. The summed E-state index contributed by atoms with van der Waals surface area (Å²) in [5, 5.41) is 3.35. The van der Waals surface area contributed by atoms with Crippen LogP contribution in [0.1, 0.15) is 36.7 Å². The highest BCUT2D eigenvalue weighted by Gasteiger charge is 2.29. The van der Waals surface area contributed by atoms with Crippen LogP contribution in [0.3, 0.4) is 0 Å². The molecule has 1 aliphatic rings. The van der Waals surface area contributed by atoms with Gasteiger partial charge in [-0.2, -0.15) is 0 Å². The summed E-state index contributed by atoms with van der Waals surface area (Å²) in [6, 6.07) is 7.58. The first-order valence-corrected chi connectivity index (χ1v) is 6.88. The quantitative estimate of drug-likeness (QED) is 0.858. The van der Waals surface area contributed by atoms with Gasteiger partial charge in [0.05, 0.1) is 24.8 Å². The lowest BCUT2D eigenvalue weighted by Gasteiger charge is -2.16. The Bertz CT molecular complexity index is 508. The summed E-state index contributed by atoms with van der Waals surface area (Å²) in [4.78, 5) is 11.9. The molecule has 0 saturated carbocycles. The summed E-state index contributed by atoms with van der Waals surface area (Å²) in [6.07, 6.45) is 3.96. The van der Waals surface area contributed by atoms with Crippen LogP contribution < -0.4 is 5.32 Å². The summed E-state index contributed by atoms with van der Waals surface area (Å²) in [5.74, 6) is -0.288. The van der Waals surface area contributed by atoms with E-state index in [-0.39, 0.29) is 17.7 Å². The van der Waals surface area contributed by atoms with E-state index in [1.165, 1.54) is 0 Å². The second-order valence-electron chi connectivity index (χ2n) is 5.24. The van der Waals surface area contributed by atoms with Gasteiger partial charge < -0.3 is 9.47 Å². The van der Waals surface area contributed by atoms with Crippen LogP contribution in [0.5, 0.6) is 0 Å². The van der Waals surface area contributed by atoms with Crippen LogP contribution in [-0.4, -0.2) is 30.9 Å². The second kappa shape index (κ2) is 6.20. The Kier molecular flexibility index (Phi) is 4.57. The predicted octanol–water partition coefficient (Wildman–Crippen LogP) is 2.60. The molecule has 1 atom stereocenters. The molecule has 1 N–H and O–H groups in total. The minimum atomic E-state index is -0.296. The second-order valence-corrected chi connectivity index (χ2v) is 5.24. The van der Waals surface area contributed by atoms with Crippen molar-refractivity contribution in [2.75, 3.05) is 13.2 Å². The van der Waals surface area contributed by atoms with Crippen molar-refractivity contribution in [2.45, 2.75) is 32.5 Å². The molecule has 20 heavy (non-hydrogen) atoms. The number of nitrogens with one attached hydrogen (secondary N) is 1. The molecule has 4 nitrogen and oxygen atoms in total. The first-order valence-electron chi connectivity index (χ1n) is 6.88. The van der Waals surface area contributed by atoms with Gasteiger partial charge in [-0.1, -0.05) is 30.4 Å². The van der Waals surface area contributed by atoms with Crippen molar-refractivity contribution in [3.05, 3.63) is 41.5 Å². The number of benzene rings is 1. The fraction of sp³-hybridized carbons (Fsp3) is 0.438. The molecule has 2 rings (SSSR count). The Hall–Kier alpha value is -1.65. The van der Waals surface area contributed by atoms with E-state index in [2.05, 4.69) is 5.32 Å². The van der Waals surface area contributed by atoms with Gasteiger partial charge in [-0.15, -0.1) is 0 Å². The molecule has 0 aliphatic carbocycles. The largest absolute Gasteiger partial charge is 0.462 e. The normalized spacial score (nSPS) is 21.2. The monoisotopic (exact) mass is 275 g/mol. The standard InChI is InChI=1S/C16H21NO3/c1-4-19-15(18)14-8-6-5-7-12(14)9-10-13-11-20-16(2,3)17-13/h5-10,13,17H,4,11H2,1-3H3. The highest BCUT2D eigenvalue weighted by Crippen LogP contribution is 2.17. The minimum Gasteiger partial charge on any atom is -0.462 e. The smallest absolute Gasteiger partial charge is 0.338 e. The summed E-state index contributed by atoms with van der Waals surface area (Å²) >= 11 is 0. The predicted molar refractivity (Wildman–Crippen MR) is 78.4 cm³/mol. The molecule has 1 aromatic carbocycles. The van der Waals surface area contributed by atoms with Crippen molar-refractivity contribution >= 4 is 12.0 Å². The summed E-state index contributed by atoms with van der Waals surface area (Å²) in [6.45, 7) is 6.80. The zero-order valence-electron chi connectivity index (χ0n) is 12.2. The van der Waals surface area contributed by atoms with Crippen molar-refractivity contribution < 1.29 is 14.3 Å². The average molecular weight is 275 g/mol. The number of hydrogen-bond donors (Lipinski definition) is 1. The molecule has 1 unspecified atom stereocenters. The van der Waals surface area contributed by atoms with E-state index in [0.29, 0.717) is 18.8 Å². The zero-order chi connectivity index (χ0) is 14.6. The Morgan fingerprint density at radius 2 is 2.25 bits per heavy atom. The van der Waals surface area contributed by atoms with Crippen LogP contribution in [0.15, 0.2) is 30.3 Å². The van der Waals surface area contributed by atoms with Crippen LogP contribution >= 0.6 is 0 Å². The van der Waals surface area contributed by atoms with Gasteiger partial charge in [0.2, 0.25) is 0 Å².